The van der Waals surface area contributed by atoms with Gasteiger partial charge in [0.1, 0.15) is 5.75 Å². The Kier molecular flexibility index (Phi) is 6.89. The molecule has 1 fully saturated rings. The summed E-state index contributed by atoms with van der Waals surface area (Å²) in [6.45, 7) is 3.96. The molecule has 3 rings (SSSR count). The number of rotatable bonds is 10. The zero-order chi connectivity index (χ0) is 17.3. The summed E-state index contributed by atoms with van der Waals surface area (Å²) in [6, 6.07) is 8.07. The number of nitrogens with one attached hydrogen (secondary N) is 2. The molecule has 1 aromatic carbocycles. The van der Waals surface area contributed by atoms with Crippen LogP contribution >= 0.6 is 0 Å². The smallest absolute Gasteiger partial charge is 0.121 e. The minimum absolute atomic E-state index is 0.440. The van der Waals surface area contributed by atoms with Crippen molar-refractivity contribution in [3.8, 4) is 5.75 Å². The van der Waals surface area contributed by atoms with E-state index in [1.54, 1.807) is 7.11 Å². The van der Waals surface area contributed by atoms with Crippen molar-refractivity contribution in [3.63, 3.8) is 0 Å². The van der Waals surface area contributed by atoms with E-state index in [2.05, 4.69) is 21.7 Å². The minimum Gasteiger partial charge on any atom is -0.497 e. The third kappa shape index (κ3) is 5.31. The Hall–Kier alpha value is -1.85. The van der Waals surface area contributed by atoms with Gasteiger partial charge in [0, 0.05) is 37.3 Å². The van der Waals surface area contributed by atoms with E-state index in [4.69, 9.17) is 9.47 Å². The molecule has 5 nitrogen and oxygen atoms in total. The van der Waals surface area contributed by atoms with E-state index in [0.717, 1.165) is 55.0 Å². The van der Waals surface area contributed by atoms with Gasteiger partial charge in [-0.1, -0.05) is 12.5 Å². The number of hydrogen-bond donors (Lipinski definition) is 2. The first-order chi connectivity index (χ1) is 12.4. The molecule has 136 valence electrons. The second-order valence-corrected chi connectivity index (χ2v) is 6.58. The summed E-state index contributed by atoms with van der Waals surface area (Å²) >= 11 is 0. The molecular formula is C20H29N3O2. The van der Waals surface area contributed by atoms with E-state index < -0.39 is 0 Å². The van der Waals surface area contributed by atoms with Gasteiger partial charge in [-0.15, -0.1) is 0 Å². The van der Waals surface area contributed by atoms with Crippen LogP contribution in [0.2, 0.25) is 0 Å². The van der Waals surface area contributed by atoms with E-state index in [-0.39, 0.29) is 0 Å². The maximum atomic E-state index is 5.61. The highest BCUT2D eigenvalue weighted by molar-refractivity contribution is 5.91. The lowest BCUT2D eigenvalue weighted by Gasteiger charge is -2.12. The summed E-state index contributed by atoms with van der Waals surface area (Å²) in [6.07, 6.45) is 8.25. The molecule has 0 amide bonds. The lowest BCUT2D eigenvalue weighted by molar-refractivity contribution is 0.110. The van der Waals surface area contributed by atoms with E-state index in [0.29, 0.717) is 6.10 Å². The highest BCUT2D eigenvalue weighted by Gasteiger charge is 2.14. The first-order valence-corrected chi connectivity index (χ1v) is 9.36. The Labute approximate surface area is 150 Å². The van der Waals surface area contributed by atoms with Crippen molar-refractivity contribution >= 4 is 16.6 Å². The van der Waals surface area contributed by atoms with E-state index >= 15 is 0 Å². The predicted molar refractivity (Wildman–Crippen MR) is 102 cm³/mol. The van der Waals surface area contributed by atoms with Crippen LogP contribution in [0.15, 0.2) is 30.5 Å². The zero-order valence-electron chi connectivity index (χ0n) is 15.1. The highest BCUT2D eigenvalue weighted by Crippen LogP contribution is 2.27. The van der Waals surface area contributed by atoms with Gasteiger partial charge in [0.15, 0.2) is 0 Å². The normalized spacial score (nSPS) is 17.1. The third-order valence-corrected chi connectivity index (χ3v) is 4.66. The average molecular weight is 343 g/mol. The summed E-state index contributed by atoms with van der Waals surface area (Å²) in [4.78, 5) is 4.49. The molecule has 0 radical (unpaired) electrons. The summed E-state index contributed by atoms with van der Waals surface area (Å²) < 4.78 is 11.0. The summed E-state index contributed by atoms with van der Waals surface area (Å²) in [5.41, 5.74) is 2.05. The van der Waals surface area contributed by atoms with Crippen molar-refractivity contribution in [2.45, 2.75) is 38.2 Å². The number of benzene rings is 1. The Bertz CT molecular complexity index is 656. The topological polar surface area (TPSA) is 55.4 Å². The molecule has 25 heavy (non-hydrogen) atoms. The second-order valence-electron chi connectivity index (χ2n) is 6.58. The van der Waals surface area contributed by atoms with Crippen LogP contribution < -0.4 is 15.4 Å². The molecule has 0 saturated carbocycles. The summed E-state index contributed by atoms with van der Waals surface area (Å²) in [7, 11) is 1.70. The van der Waals surface area contributed by atoms with Crippen molar-refractivity contribution < 1.29 is 9.47 Å². The van der Waals surface area contributed by atoms with Crippen LogP contribution in [-0.4, -0.2) is 44.4 Å². The van der Waals surface area contributed by atoms with Gasteiger partial charge in [0.25, 0.3) is 0 Å². The lowest BCUT2D eigenvalue weighted by Crippen LogP contribution is -2.27. The van der Waals surface area contributed by atoms with Gasteiger partial charge in [-0.05, 0) is 44.4 Å². The Morgan fingerprint density at radius 1 is 1.24 bits per heavy atom. The van der Waals surface area contributed by atoms with Gasteiger partial charge in [0.05, 0.1) is 24.4 Å². The number of pyridine rings is 1. The SMILES string of the molecule is COc1cc(NCCCCCNCC2CCCO2)c2ncccc2c1. The monoisotopic (exact) mass is 343 g/mol. The fourth-order valence-electron chi connectivity index (χ4n) is 3.26. The molecule has 2 aromatic rings. The molecule has 0 spiro atoms. The van der Waals surface area contributed by atoms with Gasteiger partial charge in [0.2, 0.25) is 0 Å². The van der Waals surface area contributed by atoms with Gasteiger partial charge < -0.3 is 20.1 Å². The average Bonchev–Trinajstić information content (AvgIpc) is 3.17. The Morgan fingerprint density at radius 3 is 3.00 bits per heavy atom. The van der Waals surface area contributed by atoms with Gasteiger partial charge >= 0.3 is 0 Å². The predicted octanol–water partition coefficient (Wildman–Crippen LogP) is 3.59. The van der Waals surface area contributed by atoms with Crippen LogP contribution in [0.3, 0.4) is 0 Å². The number of anilines is 1. The Morgan fingerprint density at radius 2 is 2.16 bits per heavy atom. The highest BCUT2D eigenvalue weighted by atomic mass is 16.5. The molecule has 1 saturated heterocycles. The molecular weight excluding hydrogens is 314 g/mol. The largest absolute Gasteiger partial charge is 0.497 e. The van der Waals surface area contributed by atoms with Gasteiger partial charge in [-0.25, -0.2) is 0 Å². The third-order valence-electron chi connectivity index (χ3n) is 4.66. The molecule has 1 aromatic heterocycles. The van der Waals surface area contributed by atoms with Crippen LogP contribution in [0.5, 0.6) is 5.75 Å². The zero-order valence-corrected chi connectivity index (χ0v) is 15.1. The van der Waals surface area contributed by atoms with Gasteiger partial charge in [-0.3, -0.25) is 4.98 Å². The molecule has 1 unspecified atom stereocenters. The lowest BCUT2D eigenvalue weighted by atomic mass is 10.1. The van der Waals surface area contributed by atoms with Crippen LogP contribution in [0.1, 0.15) is 32.1 Å². The number of nitrogens with zero attached hydrogens (tertiary/aromatic N) is 1. The molecule has 0 bridgehead atoms. The summed E-state index contributed by atoms with van der Waals surface area (Å²) in [5.74, 6) is 0.862. The first kappa shape index (κ1) is 18.0. The van der Waals surface area contributed by atoms with Crippen LogP contribution in [0.4, 0.5) is 5.69 Å². The molecule has 0 aliphatic carbocycles. The minimum atomic E-state index is 0.440. The molecule has 2 N–H and O–H groups in total. The standard InChI is InChI=1S/C20H29N3O2/c1-24-18-13-16-7-5-11-23-20(16)19(14-18)22-10-4-2-3-9-21-15-17-8-6-12-25-17/h5,7,11,13-14,17,21-22H,2-4,6,8-10,12,15H2,1H3. The number of hydrogen-bond acceptors (Lipinski definition) is 5. The van der Waals surface area contributed by atoms with Crippen LogP contribution in [-0.2, 0) is 4.74 Å². The van der Waals surface area contributed by atoms with Crippen molar-refractivity contribution in [1.29, 1.82) is 0 Å². The van der Waals surface area contributed by atoms with Crippen LogP contribution in [0, 0.1) is 0 Å². The molecule has 1 aliphatic rings. The van der Waals surface area contributed by atoms with E-state index in [9.17, 15) is 0 Å². The molecule has 1 aliphatic heterocycles. The van der Waals surface area contributed by atoms with E-state index in [1.807, 2.05) is 24.4 Å². The Balaban J connectivity index is 1.36. The number of methoxy groups -OCH3 is 1. The van der Waals surface area contributed by atoms with Crippen molar-refractivity contribution in [1.82, 2.24) is 10.3 Å². The number of unbranched alkanes of at least 4 members (excludes halogenated alkanes) is 2. The summed E-state index contributed by atoms with van der Waals surface area (Å²) in [5, 5.41) is 8.12. The first-order valence-electron chi connectivity index (χ1n) is 9.36. The van der Waals surface area contributed by atoms with Crippen molar-refractivity contribution in [2.24, 2.45) is 0 Å². The number of fused-ring (bicyclic) bond motifs is 1. The van der Waals surface area contributed by atoms with Crippen molar-refractivity contribution in [2.75, 3.05) is 38.7 Å². The van der Waals surface area contributed by atoms with Gasteiger partial charge in [-0.2, -0.15) is 0 Å². The number of ether oxygens (including phenoxy) is 2. The van der Waals surface area contributed by atoms with Crippen molar-refractivity contribution in [3.05, 3.63) is 30.5 Å². The maximum absolute atomic E-state index is 5.61. The molecule has 5 heteroatoms. The van der Waals surface area contributed by atoms with E-state index in [1.165, 1.54) is 25.7 Å². The molecule has 1 atom stereocenters. The van der Waals surface area contributed by atoms with Crippen LogP contribution in [0.25, 0.3) is 10.9 Å². The second kappa shape index (κ2) is 9.59. The quantitative estimate of drug-likeness (QED) is 0.646. The fourth-order valence-corrected chi connectivity index (χ4v) is 3.26. The fraction of sp³-hybridized carbons (Fsp3) is 0.550. The maximum Gasteiger partial charge on any atom is 0.121 e. The number of aromatic nitrogens is 1. The molecule has 2 heterocycles.